The molecule has 1 aromatic carbocycles. The minimum absolute atomic E-state index is 0. The van der Waals surface area contributed by atoms with Crippen LogP contribution in [0.3, 0.4) is 0 Å². The first-order valence-corrected chi connectivity index (χ1v) is 7.17. The number of amides is 1. The molecule has 3 rings (SSSR count). The van der Waals surface area contributed by atoms with Crippen LogP contribution in [0, 0.1) is 5.92 Å². The topological polar surface area (TPSA) is 59.6 Å². The Morgan fingerprint density at radius 2 is 2.19 bits per heavy atom. The zero-order valence-corrected chi connectivity index (χ0v) is 12.7. The van der Waals surface area contributed by atoms with Crippen LogP contribution >= 0.6 is 12.4 Å². The Morgan fingerprint density at radius 3 is 3.00 bits per heavy atom. The molecule has 1 atom stereocenters. The van der Waals surface area contributed by atoms with Crippen molar-refractivity contribution in [1.29, 1.82) is 0 Å². The fourth-order valence-corrected chi connectivity index (χ4v) is 2.64. The summed E-state index contributed by atoms with van der Waals surface area (Å²) < 4.78 is 10.6. The molecule has 1 unspecified atom stereocenters. The van der Waals surface area contributed by atoms with E-state index in [2.05, 4.69) is 10.6 Å². The number of fused-ring (bicyclic) bond motifs is 1. The molecule has 2 N–H and O–H groups in total. The number of rotatable bonds is 5. The average Bonchev–Trinajstić information content (AvgIpc) is 3.13. The fourth-order valence-electron chi connectivity index (χ4n) is 2.64. The molecule has 116 valence electrons. The number of ether oxygens (including phenoxy) is 2. The van der Waals surface area contributed by atoms with Gasteiger partial charge in [0.1, 0.15) is 0 Å². The predicted molar refractivity (Wildman–Crippen MR) is 81.9 cm³/mol. The summed E-state index contributed by atoms with van der Waals surface area (Å²) in [5.74, 6) is 2.31. The van der Waals surface area contributed by atoms with Crippen LogP contribution in [-0.4, -0.2) is 25.8 Å². The Bertz CT molecular complexity index is 490. The molecule has 1 aromatic rings. The lowest BCUT2D eigenvalue weighted by molar-refractivity contribution is -0.121. The van der Waals surface area contributed by atoms with E-state index in [-0.39, 0.29) is 25.1 Å². The summed E-state index contributed by atoms with van der Waals surface area (Å²) in [6.07, 6.45) is 2.77. The molecular weight excluding hydrogens is 292 g/mol. The van der Waals surface area contributed by atoms with Gasteiger partial charge in [-0.25, -0.2) is 0 Å². The Labute approximate surface area is 130 Å². The van der Waals surface area contributed by atoms with Crippen molar-refractivity contribution in [3.63, 3.8) is 0 Å². The van der Waals surface area contributed by atoms with Crippen LogP contribution in [0.4, 0.5) is 0 Å². The van der Waals surface area contributed by atoms with Gasteiger partial charge in [-0.15, -0.1) is 12.4 Å². The van der Waals surface area contributed by atoms with Crippen LogP contribution in [0.1, 0.15) is 24.8 Å². The number of nitrogens with one attached hydrogen (secondary N) is 2. The first-order valence-electron chi connectivity index (χ1n) is 7.17. The van der Waals surface area contributed by atoms with E-state index in [0.29, 0.717) is 18.9 Å². The molecule has 1 amide bonds. The van der Waals surface area contributed by atoms with Gasteiger partial charge >= 0.3 is 0 Å². The lowest BCUT2D eigenvalue weighted by Crippen LogP contribution is -2.23. The second-order valence-electron chi connectivity index (χ2n) is 5.36. The van der Waals surface area contributed by atoms with E-state index in [1.54, 1.807) is 0 Å². The fraction of sp³-hybridized carbons (Fsp3) is 0.533. The van der Waals surface area contributed by atoms with Gasteiger partial charge in [-0.05, 0) is 49.5 Å². The Hall–Kier alpha value is -1.46. The van der Waals surface area contributed by atoms with Gasteiger partial charge in [-0.3, -0.25) is 4.79 Å². The van der Waals surface area contributed by atoms with Crippen LogP contribution in [0.5, 0.6) is 11.5 Å². The van der Waals surface area contributed by atoms with Crippen molar-refractivity contribution in [2.24, 2.45) is 5.92 Å². The number of benzene rings is 1. The lowest BCUT2D eigenvalue weighted by Gasteiger charge is -2.09. The highest BCUT2D eigenvalue weighted by Gasteiger charge is 2.16. The van der Waals surface area contributed by atoms with Gasteiger partial charge in [0.05, 0.1) is 0 Å². The van der Waals surface area contributed by atoms with Gasteiger partial charge in [0.2, 0.25) is 12.7 Å². The summed E-state index contributed by atoms with van der Waals surface area (Å²) in [6, 6.07) is 5.76. The van der Waals surface area contributed by atoms with Crippen molar-refractivity contribution in [2.45, 2.75) is 25.8 Å². The molecule has 0 bridgehead atoms. The smallest absolute Gasteiger partial charge is 0.231 e. The first kappa shape index (κ1) is 15.9. The molecule has 2 heterocycles. The second kappa shape index (κ2) is 7.52. The molecule has 1 fully saturated rings. The van der Waals surface area contributed by atoms with Gasteiger partial charge < -0.3 is 20.1 Å². The molecule has 6 heteroatoms. The summed E-state index contributed by atoms with van der Waals surface area (Å²) in [7, 11) is 0. The van der Waals surface area contributed by atoms with E-state index >= 15 is 0 Å². The van der Waals surface area contributed by atoms with Crippen LogP contribution in [0.25, 0.3) is 0 Å². The number of halogens is 1. The van der Waals surface area contributed by atoms with Crippen LogP contribution in [-0.2, 0) is 11.3 Å². The van der Waals surface area contributed by atoms with E-state index in [1.165, 1.54) is 6.42 Å². The molecule has 2 aliphatic rings. The van der Waals surface area contributed by atoms with Gasteiger partial charge in [-0.1, -0.05) is 6.07 Å². The van der Waals surface area contributed by atoms with Gasteiger partial charge in [-0.2, -0.15) is 0 Å². The van der Waals surface area contributed by atoms with Crippen molar-refractivity contribution >= 4 is 18.3 Å². The summed E-state index contributed by atoms with van der Waals surface area (Å²) in [4.78, 5) is 11.8. The molecule has 21 heavy (non-hydrogen) atoms. The molecule has 0 saturated carbocycles. The standard InChI is InChI=1S/C15H20N2O3.ClH/c18-15(4-2-11-5-6-16-8-11)17-9-12-1-3-13-14(7-12)20-10-19-13;/h1,3,7,11,16H,2,4-6,8-10H2,(H,17,18);1H. The molecular formula is C15H21ClN2O3. The maximum atomic E-state index is 11.8. The van der Waals surface area contributed by atoms with E-state index in [0.717, 1.165) is 36.6 Å². The number of carbonyl (C=O) groups excluding carboxylic acids is 1. The molecule has 0 spiro atoms. The summed E-state index contributed by atoms with van der Waals surface area (Å²) in [6.45, 7) is 2.96. The number of hydrogen-bond acceptors (Lipinski definition) is 4. The van der Waals surface area contributed by atoms with Gasteiger partial charge in [0.25, 0.3) is 0 Å². The Kier molecular flexibility index (Phi) is 5.70. The van der Waals surface area contributed by atoms with Gasteiger partial charge in [0, 0.05) is 13.0 Å². The zero-order valence-electron chi connectivity index (χ0n) is 11.9. The molecule has 5 nitrogen and oxygen atoms in total. The molecule has 0 radical (unpaired) electrons. The Morgan fingerprint density at radius 1 is 1.33 bits per heavy atom. The SMILES string of the molecule is Cl.O=C(CCC1CCNC1)NCc1ccc2c(c1)OCO2. The third-order valence-corrected chi connectivity index (χ3v) is 3.87. The predicted octanol–water partition coefficient (Wildman–Crippen LogP) is 1.84. The molecule has 2 aliphatic heterocycles. The Balaban J connectivity index is 0.00000161. The molecule has 0 aliphatic carbocycles. The van der Waals surface area contributed by atoms with E-state index < -0.39 is 0 Å². The second-order valence-corrected chi connectivity index (χ2v) is 5.36. The van der Waals surface area contributed by atoms with Crippen molar-refractivity contribution in [3.05, 3.63) is 23.8 Å². The monoisotopic (exact) mass is 312 g/mol. The van der Waals surface area contributed by atoms with Crippen molar-refractivity contribution in [2.75, 3.05) is 19.9 Å². The lowest BCUT2D eigenvalue weighted by atomic mass is 10.0. The zero-order chi connectivity index (χ0) is 13.8. The maximum Gasteiger partial charge on any atom is 0.231 e. The van der Waals surface area contributed by atoms with Crippen molar-refractivity contribution < 1.29 is 14.3 Å². The third-order valence-electron chi connectivity index (χ3n) is 3.87. The maximum absolute atomic E-state index is 11.8. The average molecular weight is 313 g/mol. The number of hydrogen-bond donors (Lipinski definition) is 2. The minimum atomic E-state index is 0. The van der Waals surface area contributed by atoms with Crippen LogP contribution in [0.15, 0.2) is 18.2 Å². The third kappa shape index (κ3) is 4.25. The van der Waals surface area contributed by atoms with E-state index in [4.69, 9.17) is 9.47 Å². The largest absolute Gasteiger partial charge is 0.454 e. The highest BCUT2D eigenvalue weighted by molar-refractivity contribution is 5.85. The van der Waals surface area contributed by atoms with Crippen LogP contribution < -0.4 is 20.1 Å². The van der Waals surface area contributed by atoms with Crippen LogP contribution in [0.2, 0.25) is 0 Å². The molecule has 0 aromatic heterocycles. The highest BCUT2D eigenvalue weighted by atomic mass is 35.5. The van der Waals surface area contributed by atoms with Crippen molar-refractivity contribution in [1.82, 2.24) is 10.6 Å². The van der Waals surface area contributed by atoms with Gasteiger partial charge in [0.15, 0.2) is 11.5 Å². The highest BCUT2D eigenvalue weighted by Crippen LogP contribution is 2.32. The van der Waals surface area contributed by atoms with Crippen molar-refractivity contribution in [3.8, 4) is 11.5 Å². The quantitative estimate of drug-likeness (QED) is 0.871. The number of carbonyl (C=O) groups is 1. The minimum Gasteiger partial charge on any atom is -0.454 e. The normalized spacial score (nSPS) is 19.1. The van der Waals surface area contributed by atoms with E-state index in [9.17, 15) is 4.79 Å². The summed E-state index contributed by atoms with van der Waals surface area (Å²) >= 11 is 0. The molecule has 1 saturated heterocycles. The summed E-state index contributed by atoms with van der Waals surface area (Å²) in [5.41, 5.74) is 1.03. The first-order chi connectivity index (χ1) is 9.81. The van der Waals surface area contributed by atoms with E-state index in [1.807, 2.05) is 18.2 Å². The summed E-state index contributed by atoms with van der Waals surface area (Å²) in [5, 5.41) is 6.28.